The van der Waals surface area contributed by atoms with Crippen molar-refractivity contribution in [3.8, 4) is 39.1 Å². The van der Waals surface area contributed by atoms with Crippen molar-refractivity contribution in [3.05, 3.63) is 175 Å². The van der Waals surface area contributed by atoms with Crippen LogP contribution in [0.15, 0.2) is 168 Å². The zero-order valence-electron chi connectivity index (χ0n) is 29.9. The van der Waals surface area contributed by atoms with Gasteiger partial charge in [0.15, 0.2) is 0 Å². The lowest BCUT2D eigenvalue weighted by molar-refractivity contribution is 0.657. The number of furan rings is 1. The normalized spacial score (nSPS) is 13.5. The molecule has 0 atom stereocenters. The lowest BCUT2D eigenvalue weighted by atomic mass is 9.80. The van der Waals surface area contributed by atoms with E-state index in [9.17, 15) is 0 Å². The average molecular weight is 708 g/mol. The first-order chi connectivity index (χ1) is 26.5. The van der Waals surface area contributed by atoms with E-state index in [1.807, 2.05) is 11.3 Å². The summed E-state index contributed by atoms with van der Waals surface area (Å²) >= 11 is 1.89. The molecule has 0 saturated heterocycles. The van der Waals surface area contributed by atoms with Gasteiger partial charge in [0.2, 0.25) is 0 Å². The Bertz CT molecular complexity index is 3360. The first-order valence-corrected chi connectivity index (χ1v) is 19.5. The number of benzene rings is 8. The van der Waals surface area contributed by atoms with Gasteiger partial charge in [-0.1, -0.05) is 117 Å². The van der Waals surface area contributed by atoms with E-state index >= 15 is 0 Å². The monoisotopic (exact) mass is 707 g/mol. The Morgan fingerprint density at radius 1 is 0.481 bits per heavy atom. The van der Waals surface area contributed by atoms with Gasteiger partial charge in [-0.15, -0.1) is 11.3 Å². The van der Waals surface area contributed by atoms with E-state index in [-0.39, 0.29) is 5.41 Å². The maximum atomic E-state index is 6.34. The second kappa shape index (κ2) is 10.8. The molecule has 0 fully saturated rings. The summed E-state index contributed by atoms with van der Waals surface area (Å²) in [6.45, 7) is 4.75. The molecule has 54 heavy (non-hydrogen) atoms. The summed E-state index contributed by atoms with van der Waals surface area (Å²) in [7, 11) is 0. The zero-order chi connectivity index (χ0) is 35.7. The molecule has 8 aromatic carbocycles. The van der Waals surface area contributed by atoms with E-state index in [4.69, 9.17) is 4.42 Å². The van der Waals surface area contributed by atoms with E-state index in [0.717, 1.165) is 11.2 Å². The lowest BCUT2D eigenvalue weighted by Crippen LogP contribution is -2.15. The Morgan fingerprint density at radius 3 is 2.00 bits per heavy atom. The molecule has 3 heterocycles. The summed E-state index contributed by atoms with van der Waals surface area (Å²) in [6.07, 6.45) is 0. The summed E-state index contributed by atoms with van der Waals surface area (Å²) < 4.78 is 11.4. The average Bonchev–Trinajstić information content (AvgIpc) is 3.94. The van der Waals surface area contributed by atoms with Crippen molar-refractivity contribution in [2.75, 3.05) is 0 Å². The standard InChI is InChI=1S/C51H33NOS/c1-51(2)42-29-31(19-22-35(42)37-23-26-46-48(49(37)51)39-14-6-8-17-45(39)53-46)30-20-24-43-40(27-30)41-28-32(21-25-44(41)52(43)33-11-4-3-5-12-33)34-15-10-16-38-36-13-7-9-18-47(36)54-50(34)38/h3-29H,1-2H3. The first-order valence-electron chi connectivity index (χ1n) is 18.7. The number of hydrogen-bond acceptors (Lipinski definition) is 2. The van der Waals surface area contributed by atoms with Crippen LogP contribution in [0.4, 0.5) is 0 Å². The molecule has 3 aromatic heterocycles. The summed E-state index contributed by atoms with van der Waals surface area (Å²) in [5.41, 5.74) is 15.6. The van der Waals surface area contributed by atoms with Gasteiger partial charge in [-0.3, -0.25) is 0 Å². The van der Waals surface area contributed by atoms with Crippen LogP contribution in [0.25, 0.3) is 103 Å². The highest BCUT2D eigenvalue weighted by molar-refractivity contribution is 7.26. The van der Waals surface area contributed by atoms with Gasteiger partial charge in [-0.25, -0.2) is 0 Å². The van der Waals surface area contributed by atoms with Crippen LogP contribution in [0.2, 0.25) is 0 Å². The highest BCUT2D eigenvalue weighted by atomic mass is 32.1. The molecule has 0 radical (unpaired) electrons. The van der Waals surface area contributed by atoms with Crippen LogP contribution < -0.4 is 0 Å². The predicted octanol–water partition coefficient (Wildman–Crippen LogP) is 14.7. The molecule has 254 valence electrons. The van der Waals surface area contributed by atoms with Crippen molar-refractivity contribution < 1.29 is 4.42 Å². The maximum Gasteiger partial charge on any atom is 0.135 e. The number of hydrogen-bond donors (Lipinski definition) is 0. The second-order valence-electron chi connectivity index (χ2n) is 15.3. The molecule has 0 spiro atoms. The van der Waals surface area contributed by atoms with Gasteiger partial charge in [0.25, 0.3) is 0 Å². The molecular formula is C51H33NOS. The molecule has 11 aromatic rings. The van der Waals surface area contributed by atoms with Crippen molar-refractivity contribution in [2.45, 2.75) is 19.3 Å². The van der Waals surface area contributed by atoms with Crippen LogP contribution in [0.3, 0.4) is 0 Å². The topological polar surface area (TPSA) is 18.1 Å². The molecule has 12 rings (SSSR count). The third kappa shape index (κ3) is 4.05. The summed E-state index contributed by atoms with van der Waals surface area (Å²) in [5.74, 6) is 0. The third-order valence-corrected chi connectivity index (χ3v) is 13.2. The first kappa shape index (κ1) is 30.1. The predicted molar refractivity (Wildman–Crippen MR) is 229 cm³/mol. The fourth-order valence-corrected chi connectivity index (χ4v) is 10.7. The Morgan fingerprint density at radius 2 is 1.15 bits per heavy atom. The van der Waals surface area contributed by atoms with E-state index in [1.165, 1.54) is 103 Å². The molecule has 1 aliphatic rings. The lowest BCUT2D eigenvalue weighted by Gasteiger charge is -2.23. The van der Waals surface area contributed by atoms with Gasteiger partial charge in [0, 0.05) is 52.8 Å². The fraction of sp³-hybridized carbons (Fsp3) is 0.0588. The highest BCUT2D eigenvalue weighted by Gasteiger charge is 2.38. The molecule has 3 heteroatoms. The zero-order valence-corrected chi connectivity index (χ0v) is 30.7. The minimum absolute atomic E-state index is 0.192. The van der Waals surface area contributed by atoms with Gasteiger partial charge >= 0.3 is 0 Å². The van der Waals surface area contributed by atoms with Crippen molar-refractivity contribution in [1.29, 1.82) is 0 Å². The maximum absolute atomic E-state index is 6.34. The van der Waals surface area contributed by atoms with Crippen molar-refractivity contribution in [3.63, 3.8) is 0 Å². The Hall–Kier alpha value is -6.42. The summed E-state index contributed by atoms with van der Waals surface area (Å²) in [4.78, 5) is 0. The quantitative estimate of drug-likeness (QED) is 0.179. The molecule has 0 bridgehead atoms. The number of para-hydroxylation sites is 2. The van der Waals surface area contributed by atoms with Gasteiger partial charge < -0.3 is 8.98 Å². The van der Waals surface area contributed by atoms with E-state index in [1.54, 1.807) is 0 Å². The molecule has 0 amide bonds. The van der Waals surface area contributed by atoms with E-state index < -0.39 is 0 Å². The third-order valence-electron chi connectivity index (χ3n) is 12.0. The summed E-state index contributed by atoms with van der Waals surface area (Å²) in [6, 6.07) is 60.3. The van der Waals surface area contributed by atoms with Crippen LogP contribution in [0, 0.1) is 0 Å². The second-order valence-corrected chi connectivity index (χ2v) is 16.3. The number of fused-ring (bicyclic) bond motifs is 13. The molecule has 0 unspecified atom stereocenters. The van der Waals surface area contributed by atoms with Crippen LogP contribution >= 0.6 is 11.3 Å². The van der Waals surface area contributed by atoms with E-state index in [0.29, 0.717) is 0 Å². The van der Waals surface area contributed by atoms with Crippen LogP contribution in [-0.2, 0) is 5.41 Å². The van der Waals surface area contributed by atoms with Crippen LogP contribution in [-0.4, -0.2) is 4.57 Å². The van der Waals surface area contributed by atoms with Gasteiger partial charge in [0.1, 0.15) is 11.2 Å². The number of rotatable bonds is 3. The Kier molecular flexibility index (Phi) is 6.03. The highest BCUT2D eigenvalue weighted by Crippen LogP contribution is 2.54. The molecule has 1 aliphatic carbocycles. The van der Waals surface area contributed by atoms with Crippen molar-refractivity contribution in [1.82, 2.24) is 4.57 Å². The van der Waals surface area contributed by atoms with Gasteiger partial charge in [0.05, 0.1) is 11.0 Å². The molecular weight excluding hydrogens is 675 g/mol. The van der Waals surface area contributed by atoms with E-state index in [2.05, 4.69) is 182 Å². The Balaban J connectivity index is 1.05. The minimum Gasteiger partial charge on any atom is -0.456 e. The van der Waals surface area contributed by atoms with Crippen molar-refractivity contribution >= 4 is 75.3 Å². The SMILES string of the molecule is CC1(C)c2cc(-c3ccc4c(c3)c3cc(-c5cccc6c5sc5ccccc56)ccc3n4-c3ccccc3)ccc2-c2ccc3oc4ccccc4c3c21. The van der Waals surface area contributed by atoms with Gasteiger partial charge in [-0.2, -0.15) is 0 Å². The molecule has 2 nitrogen and oxygen atoms in total. The number of thiophene rings is 1. The minimum atomic E-state index is -0.192. The Labute approximate surface area is 316 Å². The van der Waals surface area contributed by atoms with Crippen molar-refractivity contribution in [2.24, 2.45) is 0 Å². The molecule has 0 N–H and O–H groups in total. The number of aromatic nitrogens is 1. The number of nitrogens with zero attached hydrogens (tertiary/aromatic N) is 1. The largest absolute Gasteiger partial charge is 0.456 e. The molecule has 0 saturated carbocycles. The van der Waals surface area contributed by atoms with Crippen LogP contribution in [0.1, 0.15) is 25.0 Å². The van der Waals surface area contributed by atoms with Crippen LogP contribution in [0.5, 0.6) is 0 Å². The fourth-order valence-electron chi connectivity index (χ4n) is 9.50. The van der Waals surface area contributed by atoms with Gasteiger partial charge in [-0.05, 0) is 105 Å². The molecule has 0 aliphatic heterocycles. The summed E-state index contributed by atoms with van der Waals surface area (Å²) in [5, 5.41) is 7.59. The smallest absolute Gasteiger partial charge is 0.135 e.